The first-order valence-corrected chi connectivity index (χ1v) is 5.22. The number of anilines is 1. The van der Waals surface area contributed by atoms with Crippen LogP contribution in [-0.2, 0) is 0 Å². The van der Waals surface area contributed by atoms with E-state index in [0.29, 0.717) is 6.54 Å². The molecule has 2 nitrogen and oxygen atoms in total. The van der Waals surface area contributed by atoms with Crippen molar-refractivity contribution in [3.05, 3.63) is 29.3 Å². The average molecular weight is 192 g/mol. The van der Waals surface area contributed by atoms with E-state index in [1.807, 2.05) is 0 Å². The van der Waals surface area contributed by atoms with Gasteiger partial charge in [0.2, 0.25) is 0 Å². The SMILES string of the molecule is CCN(CCN)c1c(C)cccc1C. The minimum absolute atomic E-state index is 0.710. The fourth-order valence-corrected chi connectivity index (χ4v) is 1.89. The van der Waals surface area contributed by atoms with E-state index < -0.39 is 0 Å². The molecule has 2 N–H and O–H groups in total. The Bertz CT molecular complexity index is 274. The van der Waals surface area contributed by atoms with Gasteiger partial charge in [-0.15, -0.1) is 0 Å². The first kappa shape index (κ1) is 11.1. The highest BCUT2D eigenvalue weighted by Crippen LogP contribution is 2.23. The molecule has 0 atom stereocenters. The Balaban J connectivity index is 3.02. The van der Waals surface area contributed by atoms with Gasteiger partial charge in [-0.3, -0.25) is 0 Å². The minimum Gasteiger partial charge on any atom is -0.370 e. The van der Waals surface area contributed by atoms with E-state index in [4.69, 9.17) is 5.73 Å². The molecule has 0 heterocycles. The maximum atomic E-state index is 5.60. The van der Waals surface area contributed by atoms with E-state index in [0.717, 1.165) is 13.1 Å². The van der Waals surface area contributed by atoms with Gasteiger partial charge in [0.15, 0.2) is 0 Å². The Morgan fingerprint density at radius 2 is 1.79 bits per heavy atom. The van der Waals surface area contributed by atoms with Crippen molar-refractivity contribution in [2.75, 3.05) is 24.5 Å². The lowest BCUT2D eigenvalue weighted by Crippen LogP contribution is -2.30. The highest BCUT2D eigenvalue weighted by molar-refractivity contribution is 5.58. The van der Waals surface area contributed by atoms with Crippen LogP contribution in [0.3, 0.4) is 0 Å². The lowest BCUT2D eigenvalue weighted by molar-refractivity contribution is 0.810. The summed E-state index contributed by atoms with van der Waals surface area (Å²) in [6.45, 7) is 9.14. The van der Waals surface area contributed by atoms with Gasteiger partial charge < -0.3 is 10.6 Å². The fraction of sp³-hybridized carbons (Fsp3) is 0.500. The fourth-order valence-electron chi connectivity index (χ4n) is 1.89. The normalized spacial score (nSPS) is 10.3. The van der Waals surface area contributed by atoms with Crippen molar-refractivity contribution in [3.63, 3.8) is 0 Å². The molecule has 0 amide bonds. The Kier molecular flexibility index (Phi) is 3.96. The molecule has 0 bridgehead atoms. The molecule has 1 aromatic carbocycles. The van der Waals surface area contributed by atoms with Crippen molar-refractivity contribution in [2.24, 2.45) is 5.73 Å². The van der Waals surface area contributed by atoms with Gasteiger partial charge in [-0.1, -0.05) is 18.2 Å². The minimum atomic E-state index is 0.710. The van der Waals surface area contributed by atoms with E-state index in [1.165, 1.54) is 16.8 Å². The zero-order valence-corrected chi connectivity index (χ0v) is 9.38. The summed E-state index contributed by atoms with van der Waals surface area (Å²) in [4.78, 5) is 2.34. The number of benzene rings is 1. The van der Waals surface area contributed by atoms with Crippen LogP contribution < -0.4 is 10.6 Å². The third-order valence-corrected chi connectivity index (χ3v) is 2.54. The van der Waals surface area contributed by atoms with Gasteiger partial charge >= 0.3 is 0 Å². The largest absolute Gasteiger partial charge is 0.370 e. The van der Waals surface area contributed by atoms with Crippen molar-refractivity contribution >= 4 is 5.69 Å². The highest BCUT2D eigenvalue weighted by Gasteiger charge is 2.08. The van der Waals surface area contributed by atoms with Crippen molar-refractivity contribution in [1.82, 2.24) is 0 Å². The molecule has 0 radical (unpaired) electrons. The lowest BCUT2D eigenvalue weighted by atomic mass is 10.1. The molecule has 0 fully saturated rings. The Hall–Kier alpha value is -1.02. The molecule has 0 spiro atoms. The first-order chi connectivity index (χ1) is 6.70. The van der Waals surface area contributed by atoms with E-state index in [9.17, 15) is 0 Å². The second-order valence-electron chi connectivity index (χ2n) is 3.61. The van der Waals surface area contributed by atoms with Gasteiger partial charge in [0.1, 0.15) is 0 Å². The third kappa shape index (κ3) is 2.26. The Morgan fingerprint density at radius 3 is 2.21 bits per heavy atom. The average Bonchev–Trinajstić information content (AvgIpc) is 2.16. The molecule has 0 aliphatic heterocycles. The molecule has 14 heavy (non-hydrogen) atoms. The van der Waals surface area contributed by atoms with Crippen LogP contribution in [0.5, 0.6) is 0 Å². The van der Waals surface area contributed by atoms with Gasteiger partial charge in [-0.05, 0) is 31.9 Å². The number of rotatable bonds is 4. The summed E-state index contributed by atoms with van der Waals surface area (Å²) in [7, 11) is 0. The monoisotopic (exact) mass is 192 g/mol. The van der Waals surface area contributed by atoms with Gasteiger partial charge in [-0.2, -0.15) is 0 Å². The molecule has 0 saturated carbocycles. The standard InChI is InChI=1S/C12H20N2/c1-4-14(9-8-13)12-10(2)6-5-7-11(12)3/h5-7H,4,8-9,13H2,1-3H3. The number of hydrogen-bond donors (Lipinski definition) is 1. The van der Waals surface area contributed by atoms with Crippen LogP contribution in [-0.4, -0.2) is 19.6 Å². The maximum Gasteiger partial charge on any atom is 0.0425 e. The second-order valence-corrected chi connectivity index (χ2v) is 3.61. The van der Waals surface area contributed by atoms with Crippen LogP contribution in [0.4, 0.5) is 5.69 Å². The van der Waals surface area contributed by atoms with Crippen molar-refractivity contribution in [2.45, 2.75) is 20.8 Å². The van der Waals surface area contributed by atoms with Gasteiger partial charge in [0.25, 0.3) is 0 Å². The zero-order valence-electron chi connectivity index (χ0n) is 9.38. The number of aryl methyl sites for hydroxylation is 2. The highest BCUT2D eigenvalue weighted by atomic mass is 15.1. The molecule has 0 saturated heterocycles. The quantitative estimate of drug-likeness (QED) is 0.791. The number of nitrogens with zero attached hydrogens (tertiary/aromatic N) is 1. The predicted octanol–water partition coefficient (Wildman–Crippen LogP) is 2.09. The van der Waals surface area contributed by atoms with Crippen molar-refractivity contribution in [3.8, 4) is 0 Å². The molecule has 0 unspecified atom stereocenters. The summed E-state index contributed by atoms with van der Waals surface area (Å²) in [5.74, 6) is 0. The van der Waals surface area contributed by atoms with Crippen molar-refractivity contribution in [1.29, 1.82) is 0 Å². The summed E-state index contributed by atoms with van der Waals surface area (Å²) in [5, 5.41) is 0. The van der Waals surface area contributed by atoms with Crippen LogP contribution in [0, 0.1) is 13.8 Å². The summed E-state index contributed by atoms with van der Waals surface area (Å²) < 4.78 is 0. The molecule has 0 aliphatic carbocycles. The smallest absolute Gasteiger partial charge is 0.0425 e. The number of hydrogen-bond acceptors (Lipinski definition) is 2. The molecule has 1 aromatic rings. The third-order valence-electron chi connectivity index (χ3n) is 2.54. The summed E-state index contributed by atoms with van der Waals surface area (Å²) in [5.41, 5.74) is 9.62. The summed E-state index contributed by atoms with van der Waals surface area (Å²) in [6.07, 6.45) is 0. The van der Waals surface area contributed by atoms with Gasteiger partial charge in [-0.25, -0.2) is 0 Å². The molecule has 1 rings (SSSR count). The van der Waals surface area contributed by atoms with Gasteiger partial charge in [0.05, 0.1) is 0 Å². The van der Waals surface area contributed by atoms with Crippen LogP contribution >= 0.6 is 0 Å². The number of nitrogens with two attached hydrogens (primary N) is 1. The topological polar surface area (TPSA) is 29.3 Å². The van der Waals surface area contributed by atoms with Crippen LogP contribution in [0.1, 0.15) is 18.1 Å². The first-order valence-electron chi connectivity index (χ1n) is 5.22. The molecule has 2 heteroatoms. The second kappa shape index (κ2) is 5.01. The molecular weight excluding hydrogens is 172 g/mol. The van der Waals surface area contributed by atoms with Crippen molar-refractivity contribution < 1.29 is 0 Å². The molecule has 0 aromatic heterocycles. The predicted molar refractivity (Wildman–Crippen MR) is 62.9 cm³/mol. The van der Waals surface area contributed by atoms with E-state index in [-0.39, 0.29) is 0 Å². The van der Waals surface area contributed by atoms with E-state index >= 15 is 0 Å². The van der Waals surface area contributed by atoms with Crippen LogP contribution in [0.25, 0.3) is 0 Å². The lowest BCUT2D eigenvalue weighted by Gasteiger charge is -2.26. The zero-order chi connectivity index (χ0) is 10.6. The number of likely N-dealkylation sites (N-methyl/N-ethyl adjacent to an activating group) is 1. The Morgan fingerprint density at radius 1 is 1.21 bits per heavy atom. The van der Waals surface area contributed by atoms with Crippen LogP contribution in [0.15, 0.2) is 18.2 Å². The Labute approximate surface area is 86.7 Å². The molecular formula is C12H20N2. The molecule has 78 valence electrons. The van der Waals surface area contributed by atoms with E-state index in [1.54, 1.807) is 0 Å². The van der Waals surface area contributed by atoms with Crippen LogP contribution in [0.2, 0.25) is 0 Å². The summed E-state index contributed by atoms with van der Waals surface area (Å²) in [6, 6.07) is 6.41. The summed E-state index contributed by atoms with van der Waals surface area (Å²) >= 11 is 0. The van der Waals surface area contributed by atoms with Gasteiger partial charge in [0, 0.05) is 25.3 Å². The number of para-hydroxylation sites is 1. The molecule has 0 aliphatic rings. The van der Waals surface area contributed by atoms with E-state index in [2.05, 4.69) is 43.9 Å². The maximum absolute atomic E-state index is 5.60.